The zero-order valence-corrected chi connectivity index (χ0v) is 6.52. The highest BCUT2D eigenvalue weighted by Crippen LogP contribution is 2.28. The summed E-state index contributed by atoms with van der Waals surface area (Å²) in [5.74, 6) is 0.410. The lowest BCUT2D eigenvalue weighted by Crippen LogP contribution is -1.90. The number of nitrogens with one attached hydrogen (secondary N) is 1. The molecule has 1 aromatic rings. The van der Waals surface area contributed by atoms with Crippen LogP contribution in [0.4, 0.5) is 5.69 Å². The number of benzene rings is 1. The van der Waals surface area contributed by atoms with Crippen molar-refractivity contribution >= 4 is 5.69 Å². The molecule has 2 nitrogen and oxygen atoms in total. The molecule has 0 saturated carbocycles. The quantitative estimate of drug-likeness (QED) is 0.550. The van der Waals surface area contributed by atoms with Crippen LogP contribution in [0.3, 0.4) is 0 Å². The molecule has 0 unspecified atom stereocenters. The van der Waals surface area contributed by atoms with Gasteiger partial charge in [0.15, 0.2) is 0 Å². The molecule has 1 aliphatic rings. The van der Waals surface area contributed by atoms with Crippen molar-refractivity contribution in [2.75, 3.05) is 11.9 Å². The zero-order chi connectivity index (χ0) is 7.84. The summed E-state index contributed by atoms with van der Waals surface area (Å²) in [4.78, 5) is 0. The highest BCUT2D eigenvalue weighted by atomic mass is 16.3. The molecular formula is C9H11NO. The van der Waals surface area contributed by atoms with E-state index >= 15 is 0 Å². The molecule has 0 atom stereocenters. The number of fused-ring (bicyclic) bond motifs is 1. The Labute approximate surface area is 65.9 Å². The number of hydrogen-bond donors (Lipinski definition) is 2. The highest BCUT2D eigenvalue weighted by Gasteiger charge is 2.11. The number of anilines is 1. The molecule has 2 rings (SSSR count). The van der Waals surface area contributed by atoms with Gasteiger partial charge in [-0.1, -0.05) is 0 Å². The van der Waals surface area contributed by atoms with Gasteiger partial charge in [0.1, 0.15) is 5.75 Å². The van der Waals surface area contributed by atoms with E-state index in [9.17, 15) is 5.11 Å². The molecule has 1 aromatic carbocycles. The third-order valence-electron chi connectivity index (χ3n) is 2.13. The predicted octanol–water partition coefficient (Wildman–Crippen LogP) is 1.67. The van der Waals surface area contributed by atoms with Crippen LogP contribution in [-0.2, 0) is 6.42 Å². The van der Waals surface area contributed by atoms with E-state index in [1.54, 1.807) is 0 Å². The monoisotopic (exact) mass is 149 g/mol. The first-order valence-corrected chi connectivity index (χ1v) is 3.84. The second kappa shape index (κ2) is 2.16. The van der Waals surface area contributed by atoms with Crippen LogP contribution < -0.4 is 5.32 Å². The fraction of sp³-hybridized carbons (Fsp3) is 0.333. The van der Waals surface area contributed by atoms with Gasteiger partial charge < -0.3 is 10.4 Å². The van der Waals surface area contributed by atoms with Crippen molar-refractivity contribution in [2.24, 2.45) is 0 Å². The summed E-state index contributed by atoms with van der Waals surface area (Å²) >= 11 is 0. The van der Waals surface area contributed by atoms with Crippen LogP contribution in [0.25, 0.3) is 0 Å². The number of phenols is 1. The summed E-state index contributed by atoms with van der Waals surface area (Å²) in [5, 5.41) is 12.6. The summed E-state index contributed by atoms with van der Waals surface area (Å²) < 4.78 is 0. The van der Waals surface area contributed by atoms with Gasteiger partial charge in [0, 0.05) is 12.2 Å². The van der Waals surface area contributed by atoms with Crippen molar-refractivity contribution in [3.63, 3.8) is 0 Å². The van der Waals surface area contributed by atoms with Crippen LogP contribution in [0.2, 0.25) is 0 Å². The molecule has 2 heteroatoms. The summed E-state index contributed by atoms with van der Waals surface area (Å²) in [6.45, 7) is 2.91. The third-order valence-corrected chi connectivity index (χ3v) is 2.13. The van der Waals surface area contributed by atoms with Crippen LogP contribution in [0.5, 0.6) is 5.75 Å². The van der Waals surface area contributed by atoms with Gasteiger partial charge in [0.2, 0.25) is 0 Å². The van der Waals surface area contributed by atoms with Crippen LogP contribution in [-0.4, -0.2) is 11.7 Å². The summed E-state index contributed by atoms with van der Waals surface area (Å²) in [5.41, 5.74) is 3.35. The Morgan fingerprint density at radius 3 is 3.09 bits per heavy atom. The SMILES string of the molecule is Cc1cc2c(cc1O)CCN2. The lowest BCUT2D eigenvalue weighted by molar-refractivity contribution is 0.470. The molecule has 0 spiro atoms. The van der Waals surface area contributed by atoms with E-state index in [1.165, 1.54) is 11.3 Å². The second-order valence-corrected chi connectivity index (χ2v) is 2.97. The molecule has 0 amide bonds. The fourth-order valence-electron chi connectivity index (χ4n) is 1.44. The number of hydrogen-bond acceptors (Lipinski definition) is 2. The first kappa shape index (κ1) is 6.53. The highest BCUT2D eigenvalue weighted by molar-refractivity contribution is 5.60. The van der Waals surface area contributed by atoms with Crippen molar-refractivity contribution in [1.29, 1.82) is 0 Å². The van der Waals surface area contributed by atoms with E-state index in [0.29, 0.717) is 5.75 Å². The maximum Gasteiger partial charge on any atom is 0.118 e. The Morgan fingerprint density at radius 2 is 2.27 bits per heavy atom. The third kappa shape index (κ3) is 0.946. The van der Waals surface area contributed by atoms with Crippen LogP contribution in [0.1, 0.15) is 11.1 Å². The van der Waals surface area contributed by atoms with E-state index in [2.05, 4.69) is 5.32 Å². The summed E-state index contributed by atoms with van der Waals surface area (Å²) in [6.07, 6.45) is 1.03. The zero-order valence-electron chi connectivity index (χ0n) is 6.52. The Bertz CT molecular complexity index is 265. The lowest BCUT2D eigenvalue weighted by Gasteiger charge is -2.02. The van der Waals surface area contributed by atoms with Crippen LogP contribution >= 0.6 is 0 Å². The standard InChI is InChI=1S/C9H11NO/c1-6-4-8-7(2-3-10-8)5-9(6)11/h4-5,10-11H,2-3H2,1H3. The van der Waals surface area contributed by atoms with Gasteiger partial charge in [-0.2, -0.15) is 0 Å². The Balaban J connectivity index is 2.57. The number of phenolic OH excluding ortho intramolecular Hbond substituents is 1. The van der Waals surface area contributed by atoms with Gasteiger partial charge in [0.05, 0.1) is 0 Å². The molecule has 0 radical (unpaired) electrons. The largest absolute Gasteiger partial charge is 0.508 e. The number of aromatic hydroxyl groups is 1. The minimum absolute atomic E-state index is 0.410. The molecule has 0 fully saturated rings. The van der Waals surface area contributed by atoms with Crippen molar-refractivity contribution in [1.82, 2.24) is 0 Å². The van der Waals surface area contributed by atoms with E-state index in [-0.39, 0.29) is 0 Å². The minimum atomic E-state index is 0.410. The lowest BCUT2D eigenvalue weighted by atomic mass is 10.1. The molecule has 58 valence electrons. The molecule has 2 N–H and O–H groups in total. The van der Waals surface area contributed by atoms with E-state index < -0.39 is 0 Å². The van der Waals surface area contributed by atoms with E-state index in [0.717, 1.165) is 18.5 Å². The smallest absolute Gasteiger partial charge is 0.118 e. The fourth-order valence-corrected chi connectivity index (χ4v) is 1.44. The Kier molecular flexibility index (Phi) is 1.28. The van der Waals surface area contributed by atoms with Gasteiger partial charge in [-0.3, -0.25) is 0 Å². The van der Waals surface area contributed by atoms with Gasteiger partial charge in [0.25, 0.3) is 0 Å². The molecular weight excluding hydrogens is 138 g/mol. The van der Waals surface area contributed by atoms with Crippen molar-refractivity contribution in [3.05, 3.63) is 23.3 Å². The molecule has 0 bridgehead atoms. The van der Waals surface area contributed by atoms with E-state index in [4.69, 9.17) is 0 Å². The minimum Gasteiger partial charge on any atom is -0.508 e. The molecule has 1 heterocycles. The first-order valence-electron chi connectivity index (χ1n) is 3.84. The topological polar surface area (TPSA) is 32.3 Å². The molecule has 0 aliphatic carbocycles. The molecule has 0 saturated heterocycles. The normalized spacial score (nSPS) is 14.3. The average Bonchev–Trinajstić information content (AvgIpc) is 2.36. The number of rotatable bonds is 0. The van der Waals surface area contributed by atoms with Gasteiger partial charge in [-0.05, 0) is 36.6 Å². The Morgan fingerprint density at radius 1 is 1.45 bits per heavy atom. The molecule has 11 heavy (non-hydrogen) atoms. The maximum atomic E-state index is 9.36. The predicted molar refractivity (Wildman–Crippen MR) is 45.0 cm³/mol. The maximum absolute atomic E-state index is 9.36. The number of aryl methyl sites for hydroxylation is 1. The van der Waals surface area contributed by atoms with Gasteiger partial charge in [-0.25, -0.2) is 0 Å². The summed E-state index contributed by atoms with van der Waals surface area (Å²) in [6, 6.07) is 3.85. The van der Waals surface area contributed by atoms with E-state index in [1.807, 2.05) is 19.1 Å². The first-order chi connectivity index (χ1) is 5.27. The van der Waals surface area contributed by atoms with Crippen molar-refractivity contribution < 1.29 is 5.11 Å². The van der Waals surface area contributed by atoms with Crippen molar-refractivity contribution in [3.8, 4) is 5.75 Å². The van der Waals surface area contributed by atoms with Gasteiger partial charge >= 0.3 is 0 Å². The average molecular weight is 149 g/mol. The van der Waals surface area contributed by atoms with Gasteiger partial charge in [-0.15, -0.1) is 0 Å². The van der Waals surface area contributed by atoms with Crippen molar-refractivity contribution in [2.45, 2.75) is 13.3 Å². The molecule has 1 aliphatic heterocycles. The van der Waals surface area contributed by atoms with Crippen LogP contribution in [0, 0.1) is 6.92 Å². The Hall–Kier alpha value is -1.18. The van der Waals surface area contributed by atoms with Crippen LogP contribution in [0.15, 0.2) is 12.1 Å². The second-order valence-electron chi connectivity index (χ2n) is 2.97. The summed E-state index contributed by atoms with van der Waals surface area (Å²) in [7, 11) is 0. The molecule has 0 aromatic heterocycles.